The van der Waals surface area contributed by atoms with Crippen LogP contribution in [0.5, 0.6) is 5.75 Å². The summed E-state index contributed by atoms with van der Waals surface area (Å²) in [5.74, 6) is 0.837. The van der Waals surface area contributed by atoms with Gasteiger partial charge in [-0.25, -0.2) is 4.98 Å². The Morgan fingerprint density at radius 3 is 2.96 bits per heavy atom. The molecule has 23 heavy (non-hydrogen) atoms. The van der Waals surface area contributed by atoms with Crippen molar-refractivity contribution < 1.29 is 9.47 Å². The number of hydrogen-bond donors (Lipinski definition) is 1. The van der Waals surface area contributed by atoms with Crippen LogP contribution in [0.3, 0.4) is 0 Å². The van der Waals surface area contributed by atoms with Crippen molar-refractivity contribution in [1.82, 2.24) is 4.98 Å². The number of nitrogens with one attached hydrogen (secondary N) is 1. The molecule has 1 aromatic carbocycles. The van der Waals surface area contributed by atoms with Gasteiger partial charge in [-0.2, -0.15) is 11.3 Å². The average molecular weight is 346 g/mol. The van der Waals surface area contributed by atoms with Crippen LogP contribution >= 0.6 is 22.7 Å². The Morgan fingerprint density at radius 2 is 2.13 bits per heavy atom. The van der Waals surface area contributed by atoms with E-state index in [1.807, 2.05) is 24.3 Å². The molecule has 0 radical (unpaired) electrons. The van der Waals surface area contributed by atoms with Gasteiger partial charge in [-0.05, 0) is 23.6 Å². The third kappa shape index (κ3) is 4.54. The molecule has 0 atom stereocenters. The Hall–Kier alpha value is -1.89. The van der Waals surface area contributed by atoms with Gasteiger partial charge in [-0.3, -0.25) is 0 Å². The molecule has 0 spiro atoms. The summed E-state index contributed by atoms with van der Waals surface area (Å²) in [7, 11) is 1.67. The standard InChI is InChI=1S/C17H18N2O2S2/c1-20-6-7-21-16-4-2-3-14(9-16)18-10-15-12-23-17(19-15)13-5-8-22-11-13/h2-5,8-9,11-12,18H,6-7,10H2,1H3. The monoisotopic (exact) mass is 346 g/mol. The molecule has 3 rings (SSSR count). The van der Waals surface area contributed by atoms with Gasteiger partial charge in [0.1, 0.15) is 17.4 Å². The van der Waals surface area contributed by atoms with E-state index < -0.39 is 0 Å². The fraction of sp³-hybridized carbons (Fsp3) is 0.235. The molecule has 2 heterocycles. The molecule has 0 aliphatic carbocycles. The van der Waals surface area contributed by atoms with Crippen molar-refractivity contribution in [3.05, 3.63) is 52.2 Å². The summed E-state index contributed by atoms with van der Waals surface area (Å²) in [6, 6.07) is 10.0. The van der Waals surface area contributed by atoms with Gasteiger partial charge in [0.15, 0.2) is 0 Å². The maximum absolute atomic E-state index is 5.61. The van der Waals surface area contributed by atoms with Crippen molar-refractivity contribution in [2.75, 3.05) is 25.6 Å². The van der Waals surface area contributed by atoms with Crippen molar-refractivity contribution in [2.45, 2.75) is 6.54 Å². The number of rotatable bonds is 8. The Balaban J connectivity index is 1.57. The van der Waals surface area contributed by atoms with E-state index in [4.69, 9.17) is 9.47 Å². The summed E-state index contributed by atoms with van der Waals surface area (Å²) in [5.41, 5.74) is 3.26. The predicted octanol–water partition coefficient (Wildman–Crippen LogP) is 4.51. The molecular formula is C17H18N2O2S2. The van der Waals surface area contributed by atoms with E-state index in [9.17, 15) is 0 Å². The van der Waals surface area contributed by atoms with Crippen LogP contribution in [0.2, 0.25) is 0 Å². The largest absolute Gasteiger partial charge is 0.491 e. The summed E-state index contributed by atoms with van der Waals surface area (Å²) >= 11 is 3.37. The molecule has 6 heteroatoms. The number of methoxy groups -OCH3 is 1. The zero-order chi connectivity index (χ0) is 15.9. The zero-order valence-corrected chi connectivity index (χ0v) is 14.5. The summed E-state index contributed by atoms with van der Waals surface area (Å²) in [6.07, 6.45) is 0. The molecular weight excluding hydrogens is 328 g/mol. The third-order valence-corrected chi connectivity index (χ3v) is 4.81. The van der Waals surface area contributed by atoms with E-state index in [0.29, 0.717) is 19.8 Å². The topological polar surface area (TPSA) is 43.4 Å². The Morgan fingerprint density at radius 1 is 1.17 bits per heavy atom. The average Bonchev–Trinajstić information content (AvgIpc) is 3.25. The van der Waals surface area contributed by atoms with Gasteiger partial charge < -0.3 is 14.8 Å². The number of ether oxygens (including phenoxy) is 2. The molecule has 0 amide bonds. The van der Waals surface area contributed by atoms with Gasteiger partial charge in [0, 0.05) is 35.2 Å². The number of thiazole rings is 1. The van der Waals surface area contributed by atoms with Gasteiger partial charge in [0.25, 0.3) is 0 Å². The first-order valence-corrected chi connectivity index (χ1v) is 9.10. The van der Waals surface area contributed by atoms with Gasteiger partial charge in [-0.15, -0.1) is 11.3 Å². The fourth-order valence-electron chi connectivity index (χ4n) is 2.04. The van der Waals surface area contributed by atoms with E-state index in [2.05, 4.69) is 32.5 Å². The van der Waals surface area contributed by atoms with Crippen LogP contribution in [0.25, 0.3) is 10.6 Å². The highest BCUT2D eigenvalue weighted by atomic mass is 32.1. The first-order valence-electron chi connectivity index (χ1n) is 7.28. The minimum Gasteiger partial charge on any atom is -0.491 e. The quantitative estimate of drug-likeness (QED) is 0.610. The van der Waals surface area contributed by atoms with E-state index >= 15 is 0 Å². The molecule has 0 bridgehead atoms. The predicted molar refractivity (Wildman–Crippen MR) is 96.6 cm³/mol. The van der Waals surface area contributed by atoms with Crippen LogP contribution in [0.1, 0.15) is 5.69 Å². The molecule has 0 saturated carbocycles. The molecule has 0 fully saturated rings. The van der Waals surface area contributed by atoms with E-state index in [0.717, 1.165) is 22.1 Å². The lowest BCUT2D eigenvalue weighted by Gasteiger charge is -2.08. The SMILES string of the molecule is COCCOc1cccc(NCc2csc(-c3ccsc3)n2)c1. The van der Waals surface area contributed by atoms with Gasteiger partial charge in [-0.1, -0.05) is 6.07 Å². The van der Waals surface area contributed by atoms with E-state index in [1.54, 1.807) is 29.8 Å². The second kappa shape index (κ2) is 8.10. The second-order valence-corrected chi connectivity index (χ2v) is 6.52. The maximum atomic E-state index is 5.61. The lowest BCUT2D eigenvalue weighted by Crippen LogP contribution is -2.05. The van der Waals surface area contributed by atoms with Crippen molar-refractivity contribution in [3.63, 3.8) is 0 Å². The van der Waals surface area contributed by atoms with Crippen LogP contribution in [-0.2, 0) is 11.3 Å². The molecule has 4 nitrogen and oxygen atoms in total. The Bertz CT molecular complexity index is 726. The van der Waals surface area contributed by atoms with Crippen LogP contribution in [0, 0.1) is 0 Å². The summed E-state index contributed by atoms with van der Waals surface area (Å²) in [5, 5.41) is 10.7. The van der Waals surface area contributed by atoms with Crippen molar-refractivity contribution in [2.24, 2.45) is 0 Å². The highest BCUT2D eigenvalue weighted by Crippen LogP contribution is 2.26. The van der Waals surface area contributed by atoms with Crippen LogP contribution in [0.15, 0.2) is 46.5 Å². The molecule has 120 valence electrons. The first-order chi connectivity index (χ1) is 11.3. The van der Waals surface area contributed by atoms with Gasteiger partial charge >= 0.3 is 0 Å². The lowest BCUT2D eigenvalue weighted by molar-refractivity contribution is 0.146. The van der Waals surface area contributed by atoms with Crippen LogP contribution in [0.4, 0.5) is 5.69 Å². The van der Waals surface area contributed by atoms with Crippen molar-refractivity contribution in [1.29, 1.82) is 0 Å². The maximum Gasteiger partial charge on any atom is 0.124 e. The zero-order valence-electron chi connectivity index (χ0n) is 12.8. The van der Waals surface area contributed by atoms with E-state index in [-0.39, 0.29) is 0 Å². The number of benzene rings is 1. The van der Waals surface area contributed by atoms with Crippen molar-refractivity contribution in [3.8, 4) is 16.3 Å². The second-order valence-electron chi connectivity index (χ2n) is 4.88. The number of aromatic nitrogens is 1. The summed E-state index contributed by atoms with van der Waals surface area (Å²) in [4.78, 5) is 4.67. The molecule has 3 aromatic rings. The Kier molecular flexibility index (Phi) is 5.63. The number of thiophene rings is 1. The highest BCUT2D eigenvalue weighted by molar-refractivity contribution is 7.14. The minimum atomic E-state index is 0.552. The molecule has 0 aliphatic rings. The number of hydrogen-bond acceptors (Lipinski definition) is 6. The number of anilines is 1. The summed E-state index contributed by atoms with van der Waals surface area (Å²) in [6.45, 7) is 1.83. The molecule has 2 aromatic heterocycles. The molecule has 0 unspecified atom stereocenters. The fourth-order valence-corrected chi connectivity index (χ4v) is 3.57. The molecule has 0 saturated heterocycles. The minimum absolute atomic E-state index is 0.552. The first kappa shape index (κ1) is 16.0. The Labute approximate surface area is 143 Å². The lowest BCUT2D eigenvalue weighted by atomic mass is 10.3. The normalized spacial score (nSPS) is 10.7. The highest BCUT2D eigenvalue weighted by Gasteiger charge is 2.05. The van der Waals surface area contributed by atoms with Crippen molar-refractivity contribution >= 4 is 28.4 Å². The van der Waals surface area contributed by atoms with Gasteiger partial charge in [0.2, 0.25) is 0 Å². The smallest absolute Gasteiger partial charge is 0.124 e. The third-order valence-electron chi connectivity index (χ3n) is 3.18. The van der Waals surface area contributed by atoms with Gasteiger partial charge in [0.05, 0.1) is 18.8 Å². The van der Waals surface area contributed by atoms with Crippen LogP contribution < -0.4 is 10.1 Å². The molecule has 1 N–H and O–H groups in total. The number of nitrogens with zero attached hydrogens (tertiary/aromatic N) is 1. The molecule has 0 aliphatic heterocycles. The summed E-state index contributed by atoms with van der Waals surface area (Å²) < 4.78 is 10.6. The van der Waals surface area contributed by atoms with E-state index in [1.165, 1.54) is 5.56 Å². The van der Waals surface area contributed by atoms with Crippen LogP contribution in [-0.4, -0.2) is 25.3 Å².